The first kappa shape index (κ1) is 11.7. The van der Waals surface area contributed by atoms with Crippen molar-refractivity contribution in [3.05, 3.63) is 29.8 Å². The lowest BCUT2D eigenvalue weighted by molar-refractivity contribution is -0.140. The number of nitrogens with zero attached hydrogens (tertiary/aromatic N) is 2. The number of halogens is 1. The summed E-state index contributed by atoms with van der Waals surface area (Å²) in [6.45, 7) is 0. The number of imide groups is 1. The van der Waals surface area contributed by atoms with E-state index >= 15 is 0 Å². The molecule has 0 bridgehead atoms. The Labute approximate surface area is 114 Å². The smallest absolute Gasteiger partial charge is 0.231 e. The molecule has 0 saturated carbocycles. The van der Waals surface area contributed by atoms with E-state index in [9.17, 15) is 9.59 Å². The summed E-state index contributed by atoms with van der Waals surface area (Å²) in [7, 11) is 1.92. The Bertz CT molecular complexity index is 486. The first-order valence-corrected chi connectivity index (χ1v) is 6.83. The lowest BCUT2D eigenvalue weighted by Crippen LogP contribution is -2.48. The molecule has 2 atom stereocenters. The highest BCUT2D eigenvalue weighted by molar-refractivity contribution is 9.09. The van der Waals surface area contributed by atoms with Crippen molar-refractivity contribution in [1.29, 1.82) is 0 Å². The summed E-state index contributed by atoms with van der Waals surface area (Å²) in [5.74, 6) is -0.150. The van der Waals surface area contributed by atoms with Gasteiger partial charge in [-0.1, -0.05) is 34.1 Å². The van der Waals surface area contributed by atoms with Crippen molar-refractivity contribution < 1.29 is 9.59 Å². The van der Waals surface area contributed by atoms with Crippen LogP contribution in [-0.4, -0.2) is 29.9 Å². The van der Waals surface area contributed by atoms with E-state index in [2.05, 4.69) is 15.9 Å². The zero-order valence-corrected chi connectivity index (χ0v) is 11.6. The van der Waals surface area contributed by atoms with E-state index in [1.54, 1.807) is 0 Å². The molecule has 2 amide bonds. The molecule has 2 heterocycles. The molecule has 18 heavy (non-hydrogen) atoms. The van der Waals surface area contributed by atoms with Gasteiger partial charge in [0, 0.05) is 25.6 Å². The number of carbonyl (C=O) groups is 2. The SMILES string of the molecule is CN1c2ccccc2C(Br)C1N1C(=O)CCC1=O. The molecule has 2 unspecified atom stereocenters. The summed E-state index contributed by atoms with van der Waals surface area (Å²) in [5, 5.41) is 0. The van der Waals surface area contributed by atoms with E-state index in [1.807, 2.05) is 36.2 Å². The molecule has 1 aromatic rings. The number of para-hydroxylation sites is 1. The van der Waals surface area contributed by atoms with Gasteiger partial charge in [0.2, 0.25) is 11.8 Å². The molecule has 0 aliphatic carbocycles. The second kappa shape index (κ2) is 4.09. The summed E-state index contributed by atoms with van der Waals surface area (Å²) in [6, 6.07) is 7.97. The van der Waals surface area contributed by atoms with Gasteiger partial charge >= 0.3 is 0 Å². The molecule has 2 aliphatic rings. The van der Waals surface area contributed by atoms with Crippen molar-refractivity contribution in [2.75, 3.05) is 11.9 Å². The highest BCUT2D eigenvalue weighted by Crippen LogP contribution is 2.45. The summed E-state index contributed by atoms with van der Waals surface area (Å²) in [4.78, 5) is 27.1. The number of alkyl halides is 1. The van der Waals surface area contributed by atoms with Crippen molar-refractivity contribution in [2.45, 2.75) is 23.8 Å². The van der Waals surface area contributed by atoms with Crippen LogP contribution in [0.25, 0.3) is 0 Å². The normalized spacial score (nSPS) is 27.0. The Balaban J connectivity index is 2.01. The van der Waals surface area contributed by atoms with Crippen molar-refractivity contribution >= 4 is 33.4 Å². The van der Waals surface area contributed by atoms with Gasteiger partial charge < -0.3 is 4.90 Å². The van der Waals surface area contributed by atoms with Gasteiger partial charge in [0.15, 0.2) is 0 Å². The van der Waals surface area contributed by atoms with Crippen LogP contribution >= 0.6 is 15.9 Å². The lowest BCUT2D eigenvalue weighted by atomic mass is 10.1. The number of carbonyl (C=O) groups excluding carboxylic acids is 2. The fraction of sp³-hybridized carbons (Fsp3) is 0.385. The van der Waals surface area contributed by atoms with Crippen molar-refractivity contribution in [2.24, 2.45) is 0 Å². The van der Waals surface area contributed by atoms with E-state index in [0.29, 0.717) is 12.8 Å². The predicted octanol–water partition coefficient (Wildman–Crippen LogP) is 2.05. The van der Waals surface area contributed by atoms with Crippen LogP contribution in [-0.2, 0) is 9.59 Å². The van der Waals surface area contributed by atoms with Gasteiger partial charge in [-0.15, -0.1) is 0 Å². The average Bonchev–Trinajstić information content (AvgIpc) is 2.81. The number of hydrogen-bond acceptors (Lipinski definition) is 3. The third kappa shape index (κ3) is 1.50. The fourth-order valence-electron chi connectivity index (χ4n) is 2.73. The van der Waals surface area contributed by atoms with E-state index in [-0.39, 0.29) is 22.8 Å². The Kier molecular flexibility index (Phi) is 2.66. The Morgan fingerprint density at radius 1 is 1.17 bits per heavy atom. The quantitative estimate of drug-likeness (QED) is 0.589. The highest BCUT2D eigenvalue weighted by atomic mass is 79.9. The molecule has 2 aliphatic heterocycles. The molecule has 4 nitrogen and oxygen atoms in total. The number of likely N-dealkylation sites (N-methyl/N-ethyl adjacent to an activating group) is 1. The van der Waals surface area contributed by atoms with E-state index in [1.165, 1.54) is 4.90 Å². The van der Waals surface area contributed by atoms with Crippen LogP contribution in [0.4, 0.5) is 5.69 Å². The molecule has 94 valence electrons. The van der Waals surface area contributed by atoms with Crippen molar-refractivity contribution in [3.8, 4) is 0 Å². The summed E-state index contributed by atoms with van der Waals surface area (Å²) >= 11 is 3.62. The Hall–Kier alpha value is -1.36. The highest BCUT2D eigenvalue weighted by Gasteiger charge is 2.45. The molecular formula is C13H13BrN2O2. The molecule has 0 N–H and O–H groups in total. The average molecular weight is 309 g/mol. The topological polar surface area (TPSA) is 40.6 Å². The van der Waals surface area contributed by atoms with Gasteiger partial charge in [0.05, 0.1) is 4.83 Å². The summed E-state index contributed by atoms with van der Waals surface area (Å²) in [6.07, 6.45) is 0.420. The van der Waals surface area contributed by atoms with Gasteiger partial charge in [-0.25, -0.2) is 0 Å². The van der Waals surface area contributed by atoms with Crippen LogP contribution in [0.1, 0.15) is 23.2 Å². The van der Waals surface area contributed by atoms with Gasteiger partial charge in [-0.2, -0.15) is 0 Å². The predicted molar refractivity (Wildman–Crippen MR) is 71.4 cm³/mol. The Morgan fingerprint density at radius 2 is 1.78 bits per heavy atom. The lowest BCUT2D eigenvalue weighted by Gasteiger charge is -2.31. The van der Waals surface area contributed by atoms with Crippen LogP contribution in [0.5, 0.6) is 0 Å². The minimum Gasteiger partial charge on any atom is -0.352 e. The van der Waals surface area contributed by atoms with E-state index in [4.69, 9.17) is 0 Å². The van der Waals surface area contributed by atoms with Gasteiger partial charge in [0.1, 0.15) is 6.17 Å². The number of fused-ring (bicyclic) bond motifs is 1. The number of rotatable bonds is 1. The van der Waals surface area contributed by atoms with Crippen LogP contribution in [0.15, 0.2) is 24.3 Å². The van der Waals surface area contributed by atoms with E-state index in [0.717, 1.165) is 11.3 Å². The Morgan fingerprint density at radius 3 is 2.39 bits per heavy atom. The van der Waals surface area contributed by atoms with Crippen LogP contribution in [0.3, 0.4) is 0 Å². The van der Waals surface area contributed by atoms with Gasteiger partial charge in [-0.3, -0.25) is 14.5 Å². The molecule has 0 aromatic heterocycles. The fourth-order valence-corrected chi connectivity index (χ4v) is 3.71. The first-order valence-electron chi connectivity index (χ1n) is 5.92. The van der Waals surface area contributed by atoms with Crippen LogP contribution < -0.4 is 4.90 Å². The minimum atomic E-state index is -0.245. The summed E-state index contributed by atoms with van der Waals surface area (Å²) < 4.78 is 0. The molecule has 0 radical (unpaired) electrons. The maximum atomic E-state index is 11.9. The van der Waals surface area contributed by atoms with Crippen LogP contribution in [0.2, 0.25) is 0 Å². The molecule has 1 aromatic carbocycles. The summed E-state index contributed by atoms with van der Waals surface area (Å²) in [5.41, 5.74) is 2.19. The maximum absolute atomic E-state index is 11.9. The molecule has 0 spiro atoms. The second-order valence-electron chi connectivity index (χ2n) is 4.64. The molecule has 1 fully saturated rings. The second-order valence-corrected chi connectivity index (χ2v) is 5.63. The maximum Gasteiger partial charge on any atom is 0.231 e. The molecular weight excluding hydrogens is 296 g/mol. The molecule has 5 heteroatoms. The third-order valence-corrected chi connectivity index (χ3v) is 4.59. The number of benzene rings is 1. The molecule has 3 rings (SSSR count). The minimum absolute atomic E-state index is 0.0234. The number of amides is 2. The third-order valence-electron chi connectivity index (χ3n) is 3.63. The first-order chi connectivity index (χ1) is 8.61. The zero-order chi connectivity index (χ0) is 12.9. The van der Waals surface area contributed by atoms with Gasteiger partial charge in [-0.05, 0) is 11.6 Å². The standard InChI is InChI=1S/C13H13BrN2O2/c1-15-9-5-3-2-4-8(9)12(14)13(15)16-10(17)6-7-11(16)18/h2-5,12-13H,6-7H2,1H3. The largest absolute Gasteiger partial charge is 0.352 e. The van der Waals surface area contributed by atoms with E-state index < -0.39 is 0 Å². The van der Waals surface area contributed by atoms with Crippen molar-refractivity contribution in [3.63, 3.8) is 0 Å². The molecule has 1 saturated heterocycles. The van der Waals surface area contributed by atoms with Crippen molar-refractivity contribution in [1.82, 2.24) is 4.90 Å². The number of likely N-dealkylation sites (tertiary alicyclic amines) is 1. The zero-order valence-electron chi connectivity index (χ0n) is 9.97. The monoisotopic (exact) mass is 308 g/mol. The number of hydrogen-bond donors (Lipinski definition) is 0. The van der Waals surface area contributed by atoms with Gasteiger partial charge in [0.25, 0.3) is 0 Å². The van der Waals surface area contributed by atoms with Crippen LogP contribution in [0, 0.1) is 0 Å². The number of anilines is 1.